The number of ether oxygens (including phenoxy) is 8. The normalized spacial score (nSPS) is 14.3. The number of nitrogens with one attached hydrogen (secondary N) is 1. The zero-order valence-electron chi connectivity index (χ0n) is 64.6. The third kappa shape index (κ3) is 18.4. The minimum Gasteiger partial charge on any atom is -0.493 e. The van der Waals surface area contributed by atoms with Crippen LogP contribution in [0.3, 0.4) is 0 Å². The first-order valence-electron chi connectivity index (χ1n) is 36.4. The smallest absolute Gasteiger partial charge is 0.302 e. The molecule has 4 aliphatic rings. The molecule has 4 unspecified atom stereocenters. The lowest BCUT2D eigenvalue weighted by atomic mass is 10.0. The molecule has 4 atom stereocenters. The van der Waals surface area contributed by atoms with Gasteiger partial charge in [0.15, 0.2) is 46.0 Å². The number of nitro groups is 1. The highest BCUT2D eigenvalue weighted by Crippen LogP contribution is 2.43. The molecule has 0 bridgehead atoms. The highest BCUT2D eigenvalue weighted by Gasteiger charge is 2.46. The number of rotatable bonds is 27. The molecule has 0 fully saturated rings. The number of carbonyl (C=O) groups is 8. The van der Waals surface area contributed by atoms with Crippen molar-refractivity contribution < 1.29 is 81.2 Å². The predicted octanol–water partition coefficient (Wildman–Crippen LogP) is 15.1. The van der Waals surface area contributed by atoms with Crippen LogP contribution < -0.4 is 43.2 Å². The standard InChI is InChI=1S/C26H26N4O4S.C21H20N2O4.C20H17N3O6.C19H16N2O4/c1-4-23-24(18-10-13-21(33-2)22(15-18)34-3)29-30(26(32)35-23)16-17-8-11-19(12-9-17)28-25(31)20-7-5-6-14-27-20;1-3-26-18-10-9-14(13-19(18)27-4-2)17(11-12-22)23-20(24)15-7-5-6-8-16(15)21(23)25;1-3-29-17-11-12(7-8-16(17)28-2)14(9-10-21)22-19(24)13-5-4-6-15(23(26)27)18(13)20(22)25;1-24-16-8-7-12(11-17(16)25-2)15(9-10-20)21-18(22)13-5-3-4-6-14(13)19(21)23/h5-15,23H,4,16H2,1-3H3,(H,28,31);5-10,13,17H,3-4,11H2,1-2H3;4-8,11,14H,3,9H2,1-2H3;3-8,11,15H,9H2,1-2H3. The quantitative estimate of drug-likeness (QED) is 0.0284. The average molecular weight is 1590 g/mol. The van der Waals surface area contributed by atoms with Gasteiger partial charge in [-0.25, -0.2) is 5.01 Å². The maximum Gasteiger partial charge on any atom is 0.302 e. The summed E-state index contributed by atoms with van der Waals surface area (Å²) in [4.78, 5) is 120. The highest BCUT2D eigenvalue weighted by atomic mass is 32.2. The molecular formula is C86H79N11O18S. The molecule has 13 rings (SSSR count). The van der Waals surface area contributed by atoms with Gasteiger partial charge in [0.2, 0.25) is 0 Å². The molecule has 30 heteroatoms. The molecule has 29 nitrogen and oxygen atoms in total. The topological polar surface area (TPSA) is 375 Å². The second kappa shape index (κ2) is 39.2. The van der Waals surface area contributed by atoms with Crippen LogP contribution in [0.5, 0.6) is 46.0 Å². The first-order chi connectivity index (χ1) is 56.2. The zero-order valence-corrected chi connectivity index (χ0v) is 65.4. The van der Waals surface area contributed by atoms with Crippen LogP contribution in [0.25, 0.3) is 0 Å². The third-order valence-corrected chi connectivity index (χ3v) is 19.9. The number of fused-ring (bicyclic) bond motifs is 3. The number of carbonyl (C=O) groups excluding carboxylic acids is 8. The number of anilines is 1. The van der Waals surface area contributed by atoms with Crippen molar-refractivity contribution in [2.45, 2.75) is 83.3 Å². The van der Waals surface area contributed by atoms with Crippen LogP contribution in [0.4, 0.5) is 16.2 Å². The van der Waals surface area contributed by atoms with Crippen LogP contribution in [-0.2, 0) is 6.54 Å². The van der Waals surface area contributed by atoms with Gasteiger partial charge in [-0.05, 0) is 159 Å². The molecule has 5 heterocycles. The van der Waals surface area contributed by atoms with E-state index >= 15 is 0 Å². The van der Waals surface area contributed by atoms with E-state index in [9.17, 15) is 64.3 Å². The minimum atomic E-state index is -0.933. The van der Waals surface area contributed by atoms with Crippen molar-refractivity contribution >= 4 is 75.4 Å². The Morgan fingerprint density at radius 3 is 1.35 bits per heavy atom. The SMILES string of the molecule is CCC1SC(=O)N(Cc2ccc(NC(=O)c3ccccn3)cc2)N=C1c1ccc(OC)c(OC)c1.CCOc1cc(C(CC#N)N2C(=O)c3cccc([N+](=O)[O-])c3C2=O)ccc1OC.CCOc1ccc(C(CC#N)N2C(=O)c3ccccc3C2=O)cc1OCC.COc1ccc(C(CC#N)N2C(=O)c3ccccc3C2=O)cc1OC. The maximum absolute atomic E-state index is 13.0. The molecule has 116 heavy (non-hydrogen) atoms. The molecule has 8 aromatic carbocycles. The number of amides is 8. The number of hydrogen-bond donors (Lipinski definition) is 1. The first kappa shape index (κ1) is 84.0. The summed E-state index contributed by atoms with van der Waals surface area (Å²) in [5, 5.41) is 48.0. The Hall–Kier alpha value is -14.4. The molecule has 592 valence electrons. The van der Waals surface area contributed by atoms with E-state index in [2.05, 4.69) is 22.4 Å². The second-order valence-electron chi connectivity index (χ2n) is 25.4. The Morgan fingerprint density at radius 2 is 0.905 bits per heavy atom. The van der Waals surface area contributed by atoms with Crippen molar-refractivity contribution in [2.75, 3.05) is 60.7 Å². The molecule has 1 N–H and O–H groups in total. The summed E-state index contributed by atoms with van der Waals surface area (Å²) in [6.45, 7) is 9.17. The van der Waals surface area contributed by atoms with Gasteiger partial charge in [-0.15, -0.1) is 0 Å². The molecule has 0 spiro atoms. The fraction of sp³-hybridized carbons (Fsp3) is 0.244. The lowest BCUT2D eigenvalue weighted by Crippen LogP contribution is -2.34. The van der Waals surface area contributed by atoms with E-state index in [0.29, 0.717) is 123 Å². The van der Waals surface area contributed by atoms with Crippen LogP contribution in [-0.4, -0.2) is 143 Å². The minimum absolute atomic E-state index is 0.00891. The summed E-state index contributed by atoms with van der Waals surface area (Å²) in [5.41, 5.74) is 6.02. The number of nitrogens with zero attached hydrogens (tertiary/aromatic N) is 10. The van der Waals surface area contributed by atoms with Gasteiger partial charge in [0.1, 0.15) is 11.3 Å². The Balaban J connectivity index is 0.000000165. The fourth-order valence-corrected chi connectivity index (χ4v) is 14.1. The highest BCUT2D eigenvalue weighted by molar-refractivity contribution is 8.14. The van der Waals surface area contributed by atoms with Crippen molar-refractivity contribution in [2.24, 2.45) is 5.10 Å². The Bertz CT molecular complexity index is 5320. The number of imide groups is 3. The third-order valence-electron chi connectivity index (χ3n) is 18.7. The number of hydrogen-bond acceptors (Lipinski definition) is 24. The monoisotopic (exact) mass is 1590 g/mol. The van der Waals surface area contributed by atoms with Crippen LogP contribution in [0.2, 0.25) is 0 Å². The molecule has 0 saturated carbocycles. The van der Waals surface area contributed by atoms with E-state index in [4.69, 9.17) is 43.0 Å². The van der Waals surface area contributed by atoms with E-state index in [1.54, 1.807) is 161 Å². The van der Waals surface area contributed by atoms with E-state index in [1.807, 2.05) is 57.2 Å². The van der Waals surface area contributed by atoms with Crippen molar-refractivity contribution in [3.05, 3.63) is 265 Å². The van der Waals surface area contributed by atoms with Crippen LogP contribution >= 0.6 is 11.8 Å². The molecule has 8 amide bonds. The first-order valence-corrected chi connectivity index (χ1v) is 37.3. The molecule has 9 aromatic rings. The molecule has 0 radical (unpaired) electrons. The van der Waals surface area contributed by atoms with E-state index in [0.717, 1.165) is 33.1 Å². The summed E-state index contributed by atoms with van der Waals surface area (Å²) in [5.74, 6) is 0.904. The number of aromatic nitrogens is 1. The molecule has 0 aliphatic carbocycles. The van der Waals surface area contributed by atoms with Gasteiger partial charge < -0.3 is 43.2 Å². The van der Waals surface area contributed by atoms with Crippen LogP contribution in [0.15, 0.2) is 193 Å². The van der Waals surface area contributed by atoms with E-state index < -0.39 is 52.4 Å². The fourth-order valence-electron chi connectivity index (χ4n) is 13.2. The molecular weight excluding hydrogens is 1510 g/mol. The summed E-state index contributed by atoms with van der Waals surface area (Å²) >= 11 is 1.27. The number of nitriles is 3. The van der Waals surface area contributed by atoms with Gasteiger partial charge in [-0.1, -0.05) is 85.4 Å². The predicted molar refractivity (Wildman–Crippen MR) is 426 cm³/mol. The van der Waals surface area contributed by atoms with E-state index in [-0.39, 0.29) is 58.6 Å². The lowest BCUT2D eigenvalue weighted by molar-refractivity contribution is -0.385. The van der Waals surface area contributed by atoms with Crippen molar-refractivity contribution in [3.63, 3.8) is 0 Å². The molecule has 4 aliphatic heterocycles. The summed E-state index contributed by atoms with van der Waals surface area (Å²) in [6.07, 6.45) is 2.14. The number of benzene rings is 8. The van der Waals surface area contributed by atoms with E-state index in [1.165, 1.54) is 61.2 Å². The number of pyridine rings is 1. The number of nitro benzene ring substituents is 1. The summed E-state index contributed by atoms with van der Waals surface area (Å²) < 4.78 is 43.3. The van der Waals surface area contributed by atoms with Crippen molar-refractivity contribution in [1.29, 1.82) is 15.8 Å². The van der Waals surface area contributed by atoms with Crippen LogP contribution in [0, 0.1) is 44.1 Å². The Kier molecular flexibility index (Phi) is 28.4. The molecule has 1 aromatic heterocycles. The molecule has 0 saturated heterocycles. The Morgan fingerprint density at radius 1 is 0.491 bits per heavy atom. The summed E-state index contributed by atoms with van der Waals surface area (Å²) in [6, 6.07) is 54.4. The van der Waals surface area contributed by atoms with Gasteiger partial charge in [0.25, 0.3) is 47.0 Å². The number of hydrazone groups is 1. The van der Waals surface area contributed by atoms with Gasteiger partial charge in [-0.3, -0.25) is 68.2 Å². The van der Waals surface area contributed by atoms with Crippen LogP contribution in [0.1, 0.15) is 172 Å². The lowest BCUT2D eigenvalue weighted by Gasteiger charge is -2.28. The number of methoxy groups -OCH3 is 5. The zero-order chi connectivity index (χ0) is 83.3. The van der Waals surface area contributed by atoms with Gasteiger partial charge in [-0.2, -0.15) is 20.9 Å². The van der Waals surface area contributed by atoms with Crippen molar-refractivity contribution in [3.8, 4) is 64.2 Å². The Labute approximate surface area is 672 Å². The van der Waals surface area contributed by atoms with Gasteiger partial charge in [0, 0.05) is 23.5 Å². The van der Waals surface area contributed by atoms with Gasteiger partial charge in [0.05, 0.1) is 161 Å². The maximum atomic E-state index is 13.0. The summed E-state index contributed by atoms with van der Waals surface area (Å²) in [7, 11) is 7.69. The average Bonchev–Trinajstić information content (AvgIpc) is 1.61. The van der Waals surface area contributed by atoms with Gasteiger partial charge >= 0.3 is 5.24 Å². The largest absolute Gasteiger partial charge is 0.493 e. The number of thioether (sulfide) groups is 1. The second-order valence-corrected chi connectivity index (χ2v) is 26.6. The van der Waals surface area contributed by atoms with Crippen molar-refractivity contribution in [1.82, 2.24) is 24.7 Å².